The zero-order valence-electron chi connectivity index (χ0n) is 5.64. The van der Waals surface area contributed by atoms with Crippen LogP contribution in [0.2, 0.25) is 0 Å². The van der Waals surface area contributed by atoms with Crippen molar-refractivity contribution in [1.29, 1.82) is 0 Å². The maximum absolute atomic E-state index is 9.14. The predicted molar refractivity (Wildman–Crippen MR) is 35.2 cm³/mol. The Morgan fingerprint density at radius 3 is 2.10 bits per heavy atom. The minimum Gasteiger partial charge on any atom is -0.396 e. The number of hydrogen-bond acceptors (Lipinski definition) is 4. The minimum atomic E-state index is -0.864. The van der Waals surface area contributed by atoms with E-state index in [1.165, 1.54) is 0 Å². The molecule has 4 nitrogen and oxygen atoms in total. The van der Waals surface area contributed by atoms with E-state index in [0.29, 0.717) is 6.42 Å². The SMILES string of the molecule is N[C@H]1C[C@@H](CO)[C@@H](O)[C@H]1O. The molecule has 4 atom stereocenters. The van der Waals surface area contributed by atoms with Gasteiger partial charge in [0.15, 0.2) is 0 Å². The average Bonchev–Trinajstić information content (AvgIpc) is 2.17. The first-order valence-corrected chi connectivity index (χ1v) is 3.39. The highest BCUT2D eigenvalue weighted by molar-refractivity contribution is 4.92. The molecule has 60 valence electrons. The molecule has 5 N–H and O–H groups in total. The number of aliphatic hydroxyl groups is 3. The Labute approximate surface area is 59.3 Å². The number of nitrogens with two attached hydrogens (primary N) is 1. The lowest BCUT2D eigenvalue weighted by molar-refractivity contribution is 0.00300. The largest absolute Gasteiger partial charge is 0.396 e. The molecular weight excluding hydrogens is 134 g/mol. The standard InChI is InChI=1S/C6H13NO3/c7-4-1-3(2-8)5(9)6(4)10/h3-6,8-10H,1-2,7H2/t3-,4-,5+,6-/m0/s1. The molecule has 0 aromatic rings. The topological polar surface area (TPSA) is 86.7 Å². The van der Waals surface area contributed by atoms with Crippen molar-refractivity contribution in [2.75, 3.05) is 6.61 Å². The molecule has 0 bridgehead atoms. The summed E-state index contributed by atoms with van der Waals surface area (Å²) in [5.41, 5.74) is 5.41. The van der Waals surface area contributed by atoms with Crippen LogP contribution >= 0.6 is 0 Å². The van der Waals surface area contributed by atoms with Crippen molar-refractivity contribution >= 4 is 0 Å². The van der Waals surface area contributed by atoms with E-state index in [2.05, 4.69) is 0 Å². The highest BCUT2D eigenvalue weighted by Gasteiger charge is 2.38. The van der Waals surface area contributed by atoms with E-state index in [9.17, 15) is 0 Å². The summed E-state index contributed by atoms with van der Waals surface area (Å²) in [6.45, 7) is -0.105. The zero-order chi connectivity index (χ0) is 7.72. The summed E-state index contributed by atoms with van der Waals surface area (Å²) in [6, 6.07) is -0.382. The number of hydrogen-bond donors (Lipinski definition) is 4. The Morgan fingerprint density at radius 2 is 1.90 bits per heavy atom. The molecule has 4 heteroatoms. The van der Waals surface area contributed by atoms with Crippen molar-refractivity contribution in [1.82, 2.24) is 0 Å². The van der Waals surface area contributed by atoms with Gasteiger partial charge in [-0.05, 0) is 6.42 Å². The monoisotopic (exact) mass is 147 g/mol. The van der Waals surface area contributed by atoms with Gasteiger partial charge in [-0.15, -0.1) is 0 Å². The molecule has 1 saturated carbocycles. The van der Waals surface area contributed by atoms with Crippen molar-refractivity contribution in [3.63, 3.8) is 0 Å². The van der Waals surface area contributed by atoms with Crippen LogP contribution in [0, 0.1) is 5.92 Å². The van der Waals surface area contributed by atoms with E-state index in [-0.39, 0.29) is 18.6 Å². The first kappa shape index (κ1) is 7.94. The van der Waals surface area contributed by atoms with Crippen LogP contribution in [-0.4, -0.2) is 40.2 Å². The Balaban J connectivity index is 2.53. The first-order chi connectivity index (χ1) is 4.66. The van der Waals surface area contributed by atoms with E-state index in [1.54, 1.807) is 0 Å². The lowest BCUT2D eigenvalue weighted by Crippen LogP contribution is -2.35. The Bertz CT molecular complexity index is 120. The Kier molecular flexibility index (Phi) is 2.25. The maximum atomic E-state index is 9.14. The molecule has 1 rings (SSSR count). The van der Waals surface area contributed by atoms with Crippen molar-refractivity contribution in [2.45, 2.75) is 24.7 Å². The fraction of sp³-hybridized carbons (Fsp3) is 1.00. The van der Waals surface area contributed by atoms with Crippen LogP contribution in [0.25, 0.3) is 0 Å². The van der Waals surface area contributed by atoms with Crippen LogP contribution in [0.3, 0.4) is 0 Å². The normalized spacial score (nSPS) is 48.0. The van der Waals surface area contributed by atoms with E-state index in [0.717, 1.165) is 0 Å². The average molecular weight is 147 g/mol. The van der Waals surface area contributed by atoms with E-state index in [4.69, 9.17) is 21.1 Å². The van der Waals surface area contributed by atoms with Gasteiger partial charge in [0.25, 0.3) is 0 Å². The molecule has 0 heterocycles. The van der Waals surface area contributed by atoms with Gasteiger partial charge in [-0.1, -0.05) is 0 Å². The molecule has 0 saturated heterocycles. The van der Waals surface area contributed by atoms with Crippen LogP contribution in [0.1, 0.15) is 6.42 Å². The lowest BCUT2D eigenvalue weighted by atomic mass is 10.1. The van der Waals surface area contributed by atoms with Crippen molar-refractivity contribution in [2.24, 2.45) is 11.7 Å². The van der Waals surface area contributed by atoms with Gasteiger partial charge in [0.2, 0.25) is 0 Å². The summed E-state index contributed by atoms with van der Waals surface area (Å²) < 4.78 is 0. The third-order valence-electron chi connectivity index (χ3n) is 2.08. The fourth-order valence-corrected chi connectivity index (χ4v) is 1.34. The number of rotatable bonds is 1. The molecule has 1 aliphatic rings. The third kappa shape index (κ3) is 1.15. The fourth-order valence-electron chi connectivity index (χ4n) is 1.34. The molecule has 1 aliphatic carbocycles. The highest BCUT2D eigenvalue weighted by Crippen LogP contribution is 2.24. The van der Waals surface area contributed by atoms with E-state index in [1.807, 2.05) is 0 Å². The van der Waals surface area contributed by atoms with Crippen molar-refractivity contribution in [3.05, 3.63) is 0 Å². The van der Waals surface area contributed by atoms with Gasteiger partial charge < -0.3 is 21.1 Å². The smallest absolute Gasteiger partial charge is 0.0953 e. The summed E-state index contributed by atoms with van der Waals surface area (Å²) in [5, 5.41) is 26.9. The van der Waals surface area contributed by atoms with Crippen LogP contribution in [0.15, 0.2) is 0 Å². The Hall–Kier alpha value is -0.160. The highest BCUT2D eigenvalue weighted by atomic mass is 16.3. The summed E-state index contributed by atoms with van der Waals surface area (Å²) in [7, 11) is 0. The molecule has 0 amide bonds. The molecule has 0 aliphatic heterocycles. The van der Waals surface area contributed by atoms with E-state index >= 15 is 0 Å². The molecular formula is C6H13NO3. The summed E-state index contributed by atoms with van der Waals surface area (Å²) >= 11 is 0. The summed E-state index contributed by atoms with van der Waals surface area (Å²) in [5.74, 6) is -0.245. The van der Waals surface area contributed by atoms with Crippen LogP contribution < -0.4 is 5.73 Å². The number of aliphatic hydroxyl groups excluding tert-OH is 3. The van der Waals surface area contributed by atoms with Gasteiger partial charge in [-0.3, -0.25) is 0 Å². The molecule has 0 unspecified atom stereocenters. The predicted octanol–water partition coefficient (Wildman–Crippen LogP) is -1.95. The van der Waals surface area contributed by atoms with Gasteiger partial charge in [0.05, 0.1) is 12.2 Å². The van der Waals surface area contributed by atoms with Gasteiger partial charge >= 0.3 is 0 Å². The van der Waals surface area contributed by atoms with Crippen LogP contribution in [0.5, 0.6) is 0 Å². The molecule has 1 fully saturated rings. The molecule has 0 aromatic heterocycles. The zero-order valence-corrected chi connectivity index (χ0v) is 5.64. The van der Waals surface area contributed by atoms with Gasteiger partial charge in [-0.25, -0.2) is 0 Å². The lowest BCUT2D eigenvalue weighted by Gasteiger charge is -2.13. The Morgan fingerprint density at radius 1 is 1.30 bits per heavy atom. The molecule has 0 aromatic carbocycles. The second kappa shape index (κ2) is 2.84. The molecule has 0 spiro atoms. The van der Waals surface area contributed by atoms with E-state index < -0.39 is 12.2 Å². The third-order valence-corrected chi connectivity index (χ3v) is 2.08. The van der Waals surface area contributed by atoms with Crippen LogP contribution in [0.4, 0.5) is 0 Å². The quantitative estimate of drug-likeness (QED) is 0.347. The first-order valence-electron chi connectivity index (χ1n) is 3.39. The summed E-state index contributed by atoms with van der Waals surface area (Å²) in [4.78, 5) is 0. The summed E-state index contributed by atoms with van der Waals surface area (Å²) in [6.07, 6.45) is -1.21. The van der Waals surface area contributed by atoms with Crippen molar-refractivity contribution < 1.29 is 15.3 Å². The second-order valence-corrected chi connectivity index (χ2v) is 2.82. The van der Waals surface area contributed by atoms with Gasteiger partial charge in [0, 0.05) is 18.6 Å². The maximum Gasteiger partial charge on any atom is 0.0953 e. The van der Waals surface area contributed by atoms with Crippen molar-refractivity contribution in [3.8, 4) is 0 Å². The van der Waals surface area contributed by atoms with Gasteiger partial charge in [-0.2, -0.15) is 0 Å². The molecule has 0 radical (unpaired) electrons. The molecule has 10 heavy (non-hydrogen) atoms. The second-order valence-electron chi connectivity index (χ2n) is 2.82. The van der Waals surface area contributed by atoms with Gasteiger partial charge in [0.1, 0.15) is 0 Å². The minimum absolute atomic E-state index is 0.105. The van der Waals surface area contributed by atoms with Crippen LogP contribution in [-0.2, 0) is 0 Å².